The van der Waals surface area contributed by atoms with Crippen LogP contribution in [0.15, 0.2) is 54.9 Å². The third kappa shape index (κ3) is 4.65. The molecule has 1 saturated heterocycles. The number of amides is 1. The molecular weight excluding hydrogens is 444 g/mol. The summed E-state index contributed by atoms with van der Waals surface area (Å²) in [6.45, 7) is 5.54. The van der Waals surface area contributed by atoms with Gasteiger partial charge in [0.25, 0.3) is 0 Å². The molecule has 1 aliphatic heterocycles. The van der Waals surface area contributed by atoms with Crippen molar-refractivity contribution in [1.82, 2.24) is 19.4 Å². The molecule has 1 unspecified atom stereocenters. The fraction of sp³-hybridized carbons (Fsp3) is 0.346. The predicted octanol–water partition coefficient (Wildman–Crippen LogP) is 2.59. The number of rotatable bonds is 7. The van der Waals surface area contributed by atoms with E-state index in [1.807, 2.05) is 33.7 Å². The highest BCUT2D eigenvalue weighted by Gasteiger charge is 2.24. The van der Waals surface area contributed by atoms with Crippen LogP contribution >= 0.6 is 0 Å². The molecule has 1 aliphatic rings. The van der Waals surface area contributed by atoms with Crippen LogP contribution in [0.2, 0.25) is 0 Å². The van der Waals surface area contributed by atoms with Crippen LogP contribution in [0.4, 0.5) is 5.69 Å². The number of pyridine rings is 1. The van der Waals surface area contributed by atoms with Gasteiger partial charge in [0.15, 0.2) is 0 Å². The summed E-state index contributed by atoms with van der Waals surface area (Å²) < 4.78 is 12.8. The number of nitrogens with two attached hydrogens (primary N) is 1. The number of aromatic nitrogens is 3. The Kier molecular flexibility index (Phi) is 6.52. The number of imidazole rings is 1. The Balaban J connectivity index is 1.43. The van der Waals surface area contributed by atoms with Gasteiger partial charge in [-0.15, -0.1) is 0 Å². The number of carbonyl (C=O) groups excluding carboxylic acids is 1. The fourth-order valence-electron chi connectivity index (χ4n) is 4.47. The lowest BCUT2D eigenvalue weighted by molar-refractivity contribution is -0.132. The van der Waals surface area contributed by atoms with Gasteiger partial charge in [0.05, 0.1) is 34.9 Å². The topological polar surface area (TPSA) is 98.7 Å². The van der Waals surface area contributed by atoms with Crippen molar-refractivity contribution in [3.05, 3.63) is 54.9 Å². The standard InChI is InChI=1S/C26H30N6O3/c1-18(27)26(33)31-12-10-30(11-13-31)23-5-3-4-19-6-9-24(29-25(19)23)32-17-28-21-16-20(7-8-22(21)32)35-15-14-34-2/h3-9,16-18H,10-15,27H2,1-2H3. The Morgan fingerprint density at radius 2 is 1.91 bits per heavy atom. The number of fused-ring (bicyclic) bond motifs is 2. The molecule has 35 heavy (non-hydrogen) atoms. The highest BCUT2D eigenvalue weighted by molar-refractivity contribution is 5.92. The monoisotopic (exact) mass is 474 g/mol. The van der Waals surface area contributed by atoms with E-state index >= 15 is 0 Å². The second kappa shape index (κ2) is 9.89. The number of nitrogens with zero attached hydrogens (tertiary/aromatic N) is 5. The van der Waals surface area contributed by atoms with Crippen LogP contribution in [0.1, 0.15) is 6.92 Å². The predicted molar refractivity (Wildman–Crippen MR) is 136 cm³/mol. The summed E-state index contributed by atoms with van der Waals surface area (Å²) in [6.07, 6.45) is 1.79. The Morgan fingerprint density at radius 1 is 1.09 bits per heavy atom. The van der Waals surface area contributed by atoms with Crippen LogP contribution < -0.4 is 15.4 Å². The van der Waals surface area contributed by atoms with Gasteiger partial charge in [-0.25, -0.2) is 9.97 Å². The zero-order chi connectivity index (χ0) is 24.4. The minimum atomic E-state index is -0.471. The highest BCUT2D eigenvalue weighted by Crippen LogP contribution is 2.29. The Morgan fingerprint density at radius 3 is 2.69 bits per heavy atom. The number of hydrogen-bond acceptors (Lipinski definition) is 7. The van der Waals surface area contributed by atoms with Crippen LogP contribution in [0, 0.1) is 0 Å². The SMILES string of the molecule is COCCOc1ccc2c(c1)ncn2-c1ccc2cccc(N3CCN(C(=O)C(C)N)CC3)c2n1. The molecule has 2 aromatic heterocycles. The molecule has 0 saturated carbocycles. The van der Waals surface area contributed by atoms with Crippen LogP contribution in [0.5, 0.6) is 5.75 Å². The number of carbonyl (C=O) groups is 1. The summed E-state index contributed by atoms with van der Waals surface area (Å²) in [4.78, 5) is 26.0. The molecule has 4 aromatic rings. The van der Waals surface area contributed by atoms with Crippen molar-refractivity contribution >= 4 is 33.5 Å². The van der Waals surface area contributed by atoms with Gasteiger partial charge in [0.2, 0.25) is 5.91 Å². The smallest absolute Gasteiger partial charge is 0.239 e. The summed E-state index contributed by atoms with van der Waals surface area (Å²) in [5, 5.41) is 1.07. The lowest BCUT2D eigenvalue weighted by atomic mass is 10.1. The zero-order valence-corrected chi connectivity index (χ0v) is 20.1. The van der Waals surface area contributed by atoms with Crippen molar-refractivity contribution in [3.8, 4) is 11.6 Å². The van der Waals surface area contributed by atoms with Crippen molar-refractivity contribution in [1.29, 1.82) is 0 Å². The van der Waals surface area contributed by atoms with Crippen molar-refractivity contribution in [3.63, 3.8) is 0 Å². The Hall–Kier alpha value is -3.69. The minimum absolute atomic E-state index is 0.00206. The molecule has 9 nitrogen and oxygen atoms in total. The molecule has 1 amide bonds. The number of anilines is 1. The second-order valence-corrected chi connectivity index (χ2v) is 8.73. The zero-order valence-electron chi connectivity index (χ0n) is 20.1. The normalized spacial score (nSPS) is 15.1. The van der Waals surface area contributed by atoms with E-state index in [-0.39, 0.29) is 5.91 Å². The third-order valence-corrected chi connectivity index (χ3v) is 6.33. The van der Waals surface area contributed by atoms with E-state index in [0.717, 1.165) is 52.3 Å². The summed E-state index contributed by atoms with van der Waals surface area (Å²) in [6, 6.07) is 15.7. The molecule has 5 rings (SSSR count). The van der Waals surface area contributed by atoms with Crippen LogP contribution in [-0.4, -0.2) is 77.9 Å². The van der Waals surface area contributed by atoms with Crippen LogP contribution in [0.3, 0.4) is 0 Å². The number of para-hydroxylation sites is 1. The quantitative estimate of drug-likeness (QED) is 0.411. The first kappa shape index (κ1) is 23.1. The van der Waals surface area contributed by atoms with E-state index in [9.17, 15) is 4.79 Å². The van der Waals surface area contributed by atoms with E-state index < -0.39 is 6.04 Å². The largest absolute Gasteiger partial charge is 0.491 e. The first-order valence-electron chi connectivity index (χ1n) is 11.8. The van der Waals surface area contributed by atoms with Gasteiger partial charge < -0.3 is 25.0 Å². The highest BCUT2D eigenvalue weighted by atomic mass is 16.5. The van der Waals surface area contributed by atoms with Gasteiger partial charge >= 0.3 is 0 Å². The molecule has 9 heteroatoms. The van der Waals surface area contributed by atoms with Gasteiger partial charge in [0, 0.05) is 44.7 Å². The van der Waals surface area contributed by atoms with Gasteiger partial charge in [0.1, 0.15) is 24.5 Å². The van der Waals surface area contributed by atoms with E-state index in [0.29, 0.717) is 26.3 Å². The van der Waals surface area contributed by atoms with Gasteiger partial charge in [-0.1, -0.05) is 12.1 Å². The van der Waals surface area contributed by atoms with Crippen molar-refractivity contribution in [2.45, 2.75) is 13.0 Å². The molecule has 0 spiro atoms. The minimum Gasteiger partial charge on any atom is -0.491 e. The molecule has 182 valence electrons. The van der Waals surface area contributed by atoms with Crippen molar-refractivity contribution < 1.29 is 14.3 Å². The third-order valence-electron chi connectivity index (χ3n) is 6.33. The van der Waals surface area contributed by atoms with Crippen LogP contribution in [0.25, 0.3) is 27.8 Å². The van der Waals surface area contributed by atoms with Gasteiger partial charge in [-0.3, -0.25) is 9.36 Å². The summed E-state index contributed by atoms with van der Waals surface area (Å²) in [7, 11) is 1.65. The first-order chi connectivity index (χ1) is 17.0. The fourth-order valence-corrected chi connectivity index (χ4v) is 4.47. The summed E-state index contributed by atoms with van der Waals surface area (Å²) in [5.41, 5.74) is 9.58. The molecule has 0 radical (unpaired) electrons. The lowest BCUT2D eigenvalue weighted by Crippen LogP contribution is -2.52. The average Bonchev–Trinajstić information content (AvgIpc) is 3.31. The van der Waals surface area contributed by atoms with E-state index in [4.69, 9.17) is 20.2 Å². The Bertz CT molecular complexity index is 1340. The molecule has 1 atom stereocenters. The average molecular weight is 475 g/mol. The van der Waals surface area contributed by atoms with Gasteiger partial charge in [-0.05, 0) is 37.3 Å². The molecule has 2 aromatic carbocycles. The molecule has 0 bridgehead atoms. The van der Waals surface area contributed by atoms with Gasteiger partial charge in [-0.2, -0.15) is 0 Å². The first-order valence-corrected chi connectivity index (χ1v) is 11.8. The number of ether oxygens (including phenoxy) is 2. The van der Waals surface area contributed by atoms with Crippen molar-refractivity contribution in [2.75, 3.05) is 51.4 Å². The lowest BCUT2D eigenvalue weighted by Gasteiger charge is -2.37. The number of methoxy groups -OCH3 is 1. The van der Waals surface area contributed by atoms with E-state index in [1.54, 1.807) is 20.4 Å². The van der Waals surface area contributed by atoms with Crippen LogP contribution in [-0.2, 0) is 9.53 Å². The number of hydrogen-bond donors (Lipinski definition) is 1. The summed E-state index contributed by atoms with van der Waals surface area (Å²) >= 11 is 0. The van der Waals surface area contributed by atoms with E-state index in [2.05, 4.69) is 34.1 Å². The second-order valence-electron chi connectivity index (χ2n) is 8.73. The molecular formula is C26H30N6O3. The summed E-state index contributed by atoms with van der Waals surface area (Å²) in [5.74, 6) is 1.56. The molecule has 2 N–H and O–H groups in total. The molecule has 1 fully saturated rings. The van der Waals surface area contributed by atoms with Crippen molar-refractivity contribution in [2.24, 2.45) is 5.73 Å². The van der Waals surface area contributed by atoms with E-state index in [1.165, 1.54) is 0 Å². The number of benzene rings is 2. The molecule has 3 heterocycles. The maximum atomic E-state index is 12.3. The molecule has 0 aliphatic carbocycles. The maximum absolute atomic E-state index is 12.3. The maximum Gasteiger partial charge on any atom is 0.239 e. The number of piperazine rings is 1. The Labute approximate surface area is 204 Å².